The van der Waals surface area contributed by atoms with Gasteiger partial charge < -0.3 is 14.2 Å². The zero-order valence-corrected chi connectivity index (χ0v) is 14.0. The topological polar surface area (TPSA) is 27.7 Å². The molecule has 8 heteroatoms. The lowest BCUT2D eigenvalue weighted by Crippen LogP contribution is -2.18. The van der Waals surface area contributed by atoms with Crippen LogP contribution in [0.2, 0.25) is 0 Å². The number of rotatable bonds is 7. The normalized spacial score (nSPS) is 18.8. The average molecular weight is 343 g/mol. The van der Waals surface area contributed by atoms with E-state index in [0.717, 1.165) is 15.5 Å². The number of hydrogen-bond acceptors (Lipinski definition) is 8. The molecule has 0 aliphatic carbocycles. The molecule has 0 saturated carbocycles. The fourth-order valence-corrected chi connectivity index (χ4v) is 7.83. The molecule has 2 rings (SSSR count). The van der Waals surface area contributed by atoms with Crippen molar-refractivity contribution < 1.29 is 14.2 Å². The Morgan fingerprint density at radius 2 is 2.06 bits per heavy atom. The van der Waals surface area contributed by atoms with Crippen LogP contribution in [0.1, 0.15) is 0 Å². The maximum Gasteiger partial charge on any atom is 0.146 e. The molecule has 1 aromatic rings. The van der Waals surface area contributed by atoms with Crippen LogP contribution in [0.25, 0.3) is 0 Å². The monoisotopic (exact) mass is 342 g/mol. The zero-order valence-electron chi connectivity index (χ0n) is 9.88. The molecule has 0 bridgehead atoms. The molecule has 0 amide bonds. The highest BCUT2D eigenvalue weighted by Gasteiger charge is 2.22. The summed E-state index contributed by atoms with van der Waals surface area (Å²) in [5.74, 6) is 1.08. The van der Waals surface area contributed by atoms with Gasteiger partial charge in [0.1, 0.15) is 9.93 Å². The molecule has 18 heavy (non-hydrogen) atoms. The van der Waals surface area contributed by atoms with Crippen LogP contribution in [0, 0.1) is 3.14 Å². The molecular formula is C10H14O3S5. The van der Waals surface area contributed by atoms with Gasteiger partial charge in [0.2, 0.25) is 0 Å². The molecule has 0 spiro atoms. The third-order valence-electron chi connectivity index (χ3n) is 2.09. The minimum absolute atomic E-state index is 0.345. The van der Waals surface area contributed by atoms with Crippen molar-refractivity contribution in [3.8, 4) is 0 Å². The highest BCUT2D eigenvalue weighted by molar-refractivity contribution is 8.08. The number of hydrogen-bond donors (Lipinski definition) is 0. The van der Waals surface area contributed by atoms with Gasteiger partial charge in [0.25, 0.3) is 0 Å². The SMILES string of the molecule is COCCOCOC[C@@H]1CSc2sc(=S)sc2S1. The van der Waals surface area contributed by atoms with E-state index < -0.39 is 0 Å². The van der Waals surface area contributed by atoms with E-state index in [4.69, 9.17) is 26.4 Å². The molecule has 1 atom stereocenters. The predicted molar refractivity (Wildman–Crippen MR) is 82.0 cm³/mol. The van der Waals surface area contributed by atoms with E-state index in [2.05, 4.69) is 0 Å². The lowest BCUT2D eigenvalue weighted by molar-refractivity contribution is -0.0642. The molecule has 102 valence electrons. The van der Waals surface area contributed by atoms with Gasteiger partial charge in [-0.05, 0) is 0 Å². The number of methoxy groups -OCH3 is 1. The highest BCUT2D eigenvalue weighted by atomic mass is 32.2. The van der Waals surface area contributed by atoms with Crippen molar-refractivity contribution >= 4 is 58.4 Å². The van der Waals surface area contributed by atoms with Crippen molar-refractivity contribution in [3.63, 3.8) is 0 Å². The van der Waals surface area contributed by atoms with E-state index in [9.17, 15) is 0 Å². The Morgan fingerprint density at radius 3 is 2.89 bits per heavy atom. The second kappa shape index (κ2) is 8.21. The predicted octanol–water partition coefficient (Wildman–Crippen LogP) is 3.74. The molecule has 1 aliphatic rings. The summed E-state index contributed by atoms with van der Waals surface area (Å²) in [5, 5.41) is 0.494. The first kappa shape index (κ1) is 15.2. The average Bonchev–Trinajstić information content (AvgIpc) is 2.73. The Bertz CT molecular complexity index is 416. The molecule has 0 N–H and O–H groups in total. The standard InChI is InChI=1S/C10H14O3S5/c1-11-2-3-12-6-13-4-7-5-15-8-9(16-7)18-10(14)17-8/h7H,2-6H2,1H3/t7-/m1/s1. The molecule has 0 aromatic carbocycles. The number of thioether (sulfide) groups is 2. The summed E-state index contributed by atoms with van der Waals surface area (Å²) < 4.78 is 19.4. The van der Waals surface area contributed by atoms with Crippen molar-refractivity contribution in [2.45, 2.75) is 13.7 Å². The summed E-state index contributed by atoms with van der Waals surface area (Å²) in [6.45, 7) is 2.26. The zero-order chi connectivity index (χ0) is 12.8. The van der Waals surface area contributed by atoms with Gasteiger partial charge in [-0.1, -0.05) is 12.2 Å². The summed E-state index contributed by atoms with van der Waals surface area (Å²) >= 11 is 12.4. The fourth-order valence-electron chi connectivity index (χ4n) is 1.29. The molecule has 0 unspecified atom stereocenters. The van der Waals surface area contributed by atoms with Crippen molar-refractivity contribution in [1.29, 1.82) is 0 Å². The van der Waals surface area contributed by atoms with E-state index in [-0.39, 0.29) is 0 Å². The van der Waals surface area contributed by atoms with Gasteiger partial charge in [-0.3, -0.25) is 0 Å². The van der Waals surface area contributed by atoms with E-state index in [1.54, 1.807) is 29.8 Å². The smallest absolute Gasteiger partial charge is 0.146 e. The lowest BCUT2D eigenvalue weighted by Gasteiger charge is -2.20. The van der Waals surface area contributed by atoms with Crippen molar-refractivity contribution in [1.82, 2.24) is 0 Å². The largest absolute Gasteiger partial charge is 0.382 e. The Balaban J connectivity index is 1.65. The maximum atomic E-state index is 5.51. The Kier molecular flexibility index (Phi) is 6.95. The highest BCUT2D eigenvalue weighted by Crippen LogP contribution is 2.47. The number of fused-ring (bicyclic) bond motifs is 1. The molecule has 1 aromatic heterocycles. The first-order valence-corrected chi connectivity index (χ1v) is 9.28. The second-order valence-corrected chi connectivity index (χ2v) is 9.55. The molecule has 0 fully saturated rings. The third-order valence-corrected chi connectivity index (χ3v) is 8.17. The Labute approximate surface area is 128 Å². The molecule has 1 aliphatic heterocycles. The van der Waals surface area contributed by atoms with Gasteiger partial charge in [-0.15, -0.1) is 46.2 Å². The van der Waals surface area contributed by atoms with E-state index in [0.29, 0.717) is 25.3 Å². The van der Waals surface area contributed by atoms with E-state index in [1.807, 2.05) is 23.5 Å². The van der Waals surface area contributed by atoms with Gasteiger partial charge in [-0.2, -0.15) is 0 Å². The molecular weight excluding hydrogens is 328 g/mol. The summed E-state index contributed by atoms with van der Waals surface area (Å²) in [7, 11) is 1.66. The van der Waals surface area contributed by atoms with Crippen molar-refractivity contribution in [2.24, 2.45) is 0 Å². The van der Waals surface area contributed by atoms with Crippen LogP contribution in [0.5, 0.6) is 0 Å². The van der Waals surface area contributed by atoms with Crippen LogP contribution < -0.4 is 0 Å². The van der Waals surface area contributed by atoms with Crippen molar-refractivity contribution in [2.75, 3.05) is 39.5 Å². The van der Waals surface area contributed by atoms with Gasteiger partial charge in [0.05, 0.1) is 28.2 Å². The van der Waals surface area contributed by atoms with Crippen LogP contribution in [-0.2, 0) is 14.2 Å². The van der Waals surface area contributed by atoms with Gasteiger partial charge >= 0.3 is 0 Å². The molecule has 2 heterocycles. The van der Waals surface area contributed by atoms with Crippen LogP contribution in [0.15, 0.2) is 8.42 Å². The van der Waals surface area contributed by atoms with Gasteiger partial charge in [0.15, 0.2) is 0 Å². The van der Waals surface area contributed by atoms with Crippen LogP contribution in [0.4, 0.5) is 0 Å². The summed E-state index contributed by atoms with van der Waals surface area (Å²) in [6, 6.07) is 0. The minimum Gasteiger partial charge on any atom is -0.382 e. The fraction of sp³-hybridized carbons (Fsp3) is 0.700. The third kappa shape index (κ3) is 4.75. The lowest BCUT2D eigenvalue weighted by atomic mass is 10.5. The molecule has 3 nitrogen and oxygen atoms in total. The Morgan fingerprint density at radius 1 is 1.22 bits per heavy atom. The van der Waals surface area contributed by atoms with Crippen molar-refractivity contribution in [3.05, 3.63) is 3.14 Å². The van der Waals surface area contributed by atoms with Gasteiger partial charge in [0, 0.05) is 18.1 Å². The first-order valence-electron chi connectivity index (χ1n) is 5.37. The summed E-state index contributed by atoms with van der Waals surface area (Å²) in [6.07, 6.45) is 0. The maximum absolute atomic E-state index is 5.51. The van der Waals surface area contributed by atoms with E-state index in [1.165, 1.54) is 8.42 Å². The quantitative estimate of drug-likeness (QED) is 0.426. The summed E-state index contributed by atoms with van der Waals surface area (Å²) in [4.78, 5) is 0. The van der Waals surface area contributed by atoms with E-state index >= 15 is 0 Å². The van der Waals surface area contributed by atoms with Crippen LogP contribution in [0.3, 0.4) is 0 Å². The molecule has 0 saturated heterocycles. The number of ether oxygens (including phenoxy) is 3. The van der Waals surface area contributed by atoms with Crippen LogP contribution in [-0.4, -0.2) is 44.7 Å². The minimum atomic E-state index is 0.345. The summed E-state index contributed by atoms with van der Waals surface area (Å²) in [5.41, 5.74) is 0. The Hall–Kier alpha value is 0.850. The van der Waals surface area contributed by atoms with Gasteiger partial charge in [-0.25, -0.2) is 0 Å². The molecule has 0 radical (unpaired) electrons. The first-order chi connectivity index (χ1) is 8.79. The van der Waals surface area contributed by atoms with Crippen LogP contribution >= 0.6 is 58.4 Å². The second-order valence-electron chi connectivity index (χ2n) is 3.47.